The lowest BCUT2D eigenvalue weighted by Gasteiger charge is -2.33. The molecule has 1 heterocycles. The third-order valence-electron chi connectivity index (χ3n) is 3.43. The lowest BCUT2D eigenvalue weighted by molar-refractivity contribution is -0.138. The second-order valence-corrected chi connectivity index (χ2v) is 5.31. The van der Waals surface area contributed by atoms with Crippen molar-refractivity contribution in [3.63, 3.8) is 0 Å². The molecule has 0 aromatic carbocycles. The van der Waals surface area contributed by atoms with Crippen molar-refractivity contribution < 1.29 is 27.9 Å². The number of rotatable bonds is 7. The van der Waals surface area contributed by atoms with Crippen LogP contribution in [-0.2, 0) is 4.79 Å². The molecule has 1 aliphatic heterocycles. The van der Waals surface area contributed by atoms with Crippen molar-refractivity contribution in [2.24, 2.45) is 0 Å². The van der Waals surface area contributed by atoms with Gasteiger partial charge in [0.25, 0.3) is 0 Å². The number of carbonyl (C=O) groups excluding carboxylic acids is 1. The minimum Gasteiger partial charge on any atom is -0.480 e. The molecule has 0 radical (unpaired) electrons. The number of urea groups is 1. The van der Waals surface area contributed by atoms with Gasteiger partial charge in [-0.1, -0.05) is 6.42 Å². The summed E-state index contributed by atoms with van der Waals surface area (Å²) in [6, 6.07) is -0.245. The maximum Gasteiger partial charge on any atom is 0.389 e. The van der Waals surface area contributed by atoms with Gasteiger partial charge in [0.05, 0.1) is 6.54 Å². The van der Waals surface area contributed by atoms with Gasteiger partial charge >= 0.3 is 18.2 Å². The van der Waals surface area contributed by atoms with Gasteiger partial charge in [-0.3, -0.25) is 9.69 Å². The van der Waals surface area contributed by atoms with Crippen LogP contribution < -0.4 is 5.32 Å². The minimum atomic E-state index is -4.11. The molecule has 0 spiro atoms. The Morgan fingerprint density at radius 3 is 2.23 bits per heavy atom. The molecule has 0 atom stereocenters. The van der Waals surface area contributed by atoms with Crippen molar-refractivity contribution in [2.75, 3.05) is 39.3 Å². The first-order valence-electron chi connectivity index (χ1n) is 7.31. The molecule has 128 valence electrons. The molecule has 0 unspecified atom stereocenters. The fourth-order valence-electron chi connectivity index (χ4n) is 2.23. The highest BCUT2D eigenvalue weighted by Crippen LogP contribution is 2.22. The number of carboxylic acid groups (broad SMARTS) is 1. The molecule has 0 aromatic heterocycles. The Morgan fingerprint density at radius 1 is 1.05 bits per heavy atom. The van der Waals surface area contributed by atoms with E-state index in [1.807, 2.05) is 0 Å². The quantitative estimate of drug-likeness (QED) is 0.696. The average molecular weight is 325 g/mol. The molecular weight excluding hydrogens is 303 g/mol. The van der Waals surface area contributed by atoms with E-state index in [4.69, 9.17) is 5.11 Å². The van der Waals surface area contributed by atoms with E-state index in [0.29, 0.717) is 45.6 Å². The van der Waals surface area contributed by atoms with Gasteiger partial charge in [-0.15, -0.1) is 0 Å². The first kappa shape index (κ1) is 18.5. The standard InChI is InChI=1S/C13H22F3N3O3/c14-13(15,16)4-2-1-3-5-17-12(22)19-8-6-18(7-9-19)10-11(20)21/h1-10H2,(H,17,22)(H,20,21). The van der Waals surface area contributed by atoms with Crippen molar-refractivity contribution in [1.82, 2.24) is 15.1 Å². The van der Waals surface area contributed by atoms with E-state index in [9.17, 15) is 22.8 Å². The van der Waals surface area contributed by atoms with Gasteiger partial charge < -0.3 is 15.3 Å². The summed E-state index contributed by atoms with van der Waals surface area (Å²) < 4.78 is 35.8. The van der Waals surface area contributed by atoms with E-state index in [0.717, 1.165) is 0 Å². The molecule has 0 aliphatic carbocycles. The maximum atomic E-state index is 11.9. The molecule has 1 aliphatic rings. The number of carboxylic acids is 1. The summed E-state index contributed by atoms with van der Waals surface area (Å²) in [6.45, 7) is 2.23. The van der Waals surface area contributed by atoms with Gasteiger partial charge in [-0.2, -0.15) is 13.2 Å². The zero-order chi connectivity index (χ0) is 16.6. The number of hydrogen-bond donors (Lipinski definition) is 2. The highest BCUT2D eigenvalue weighted by Gasteiger charge is 2.26. The highest BCUT2D eigenvalue weighted by atomic mass is 19.4. The molecule has 1 rings (SSSR count). The number of alkyl halides is 3. The van der Waals surface area contributed by atoms with Crippen LogP contribution in [0, 0.1) is 0 Å². The van der Waals surface area contributed by atoms with Crippen molar-refractivity contribution in [3.05, 3.63) is 0 Å². The van der Waals surface area contributed by atoms with Gasteiger partial charge in [-0.25, -0.2) is 4.79 Å². The van der Waals surface area contributed by atoms with E-state index in [1.54, 1.807) is 9.80 Å². The molecule has 2 amide bonds. The minimum absolute atomic E-state index is 0.0331. The van der Waals surface area contributed by atoms with Crippen molar-refractivity contribution >= 4 is 12.0 Å². The molecule has 0 saturated carbocycles. The summed E-state index contributed by atoms with van der Waals surface area (Å²) in [5, 5.41) is 11.3. The highest BCUT2D eigenvalue weighted by molar-refractivity contribution is 5.74. The number of amides is 2. The van der Waals surface area contributed by atoms with Crippen LogP contribution in [-0.4, -0.2) is 72.4 Å². The van der Waals surface area contributed by atoms with Crippen LogP contribution in [0.15, 0.2) is 0 Å². The Hall–Kier alpha value is -1.51. The molecule has 2 N–H and O–H groups in total. The zero-order valence-corrected chi connectivity index (χ0v) is 12.4. The van der Waals surface area contributed by atoms with Crippen LogP contribution in [0.25, 0.3) is 0 Å². The predicted molar refractivity (Wildman–Crippen MR) is 73.6 cm³/mol. The fraction of sp³-hybridized carbons (Fsp3) is 0.846. The molecule has 22 heavy (non-hydrogen) atoms. The topological polar surface area (TPSA) is 72.9 Å². The zero-order valence-electron chi connectivity index (χ0n) is 12.4. The molecule has 0 bridgehead atoms. The Bertz CT molecular complexity index is 369. The molecule has 0 aromatic rings. The third-order valence-corrected chi connectivity index (χ3v) is 3.43. The summed E-state index contributed by atoms with van der Waals surface area (Å²) in [6.07, 6.45) is -3.88. The smallest absolute Gasteiger partial charge is 0.389 e. The summed E-state index contributed by atoms with van der Waals surface area (Å²) in [5.74, 6) is -0.892. The third kappa shape index (κ3) is 8.06. The molecule has 1 saturated heterocycles. The number of nitrogens with zero attached hydrogens (tertiary/aromatic N) is 2. The van der Waals surface area contributed by atoms with Gasteiger partial charge in [0.2, 0.25) is 0 Å². The maximum absolute atomic E-state index is 11.9. The van der Waals surface area contributed by atoms with Crippen LogP contribution in [0.5, 0.6) is 0 Å². The van der Waals surface area contributed by atoms with Crippen molar-refractivity contribution in [2.45, 2.75) is 31.9 Å². The van der Waals surface area contributed by atoms with E-state index < -0.39 is 18.6 Å². The van der Waals surface area contributed by atoms with Crippen LogP contribution >= 0.6 is 0 Å². The number of nitrogens with one attached hydrogen (secondary N) is 1. The van der Waals surface area contributed by atoms with Crippen LogP contribution in [0.3, 0.4) is 0 Å². The van der Waals surface area contributed by atoms with Gasteiger partial charge in [0.15, 0.2) is 0 Å². The Kier molecular flexibility index (Phi) is 7.43. The molecule has 9 heteroatoms. The van der Waals surface area contributed by atoms with Crippen molar-refractivity contribution in [1.29, 1.82) is 0 Å². The monoisotopic (exact) mass is 325 g/mol. The fourth-order valence-corrected chi connectivity index (χ4v) is 2.23. The van der Waals surface area contributed by atoms with E-state index >= 15 is 0 Å². The number of aliphatic carboxylic acids is 1. The van der Waals surface area contributed by atoms with Gasteiger partial charge in [-0.05, 0) is 12.8 Å². The summed E-state index contributed by atoms with van der Waals surface area (Å²) in [7, 11) is 0. The first-order valence-corrected chi connectivity index (χ1v) is 7.31. The second kappa shape index (κ2) is 8.82. The molecule has 6 nitrogen and oxygen atoms in total. The van der Waals surface area contributed by atoms with Crippen LogP contribution in [0.2, 0.25) is 0 Å². The Morgan fingerprint density at radius 2 is 1.68 bits per heavy atom. The molecule has 1 fully saturated rings. The Balaban J connectivity index is 2.08. The Labute approximate surface area is 127 Å². The molecular formula is C13H22F3N3O3. The summed E-state index contributed by atoms with van der Waals surface area (Å²) >= 11 is 0. The van der Waals surface area contributed by atoms with E-state index in [-0.39, 0.29) is 19.0 Å². The first-order chi connectivity index (χ1) is 10.3. The van der Waals surface area contributed by atoms with Gasteiger partial charge in [0, 0.05) is 39.1 Å². The van der Waals surface area contributed by atoms with Crippen LogP contribution in [0.4, 0.5) is 18.0 Å². The summed E-state index contributed by atoms with van der Waals surface area (Å²) in [4.78, 5) is 25.7. The largest absolute Gasteiger partial charge is 0.480 e. The summed E-state index contributed by atoms with van der Waals surface area (Å²) in [5.41, 5.74) is 0. The van der Waals surface area contributed by atoms with E-state index in [1.165, 1.54) is 0 Å². The van der Waals surface area contributed by atoms with Crippen LogP contribution in [0.1, 0.15) is 25.7 Å². The number of unbranched alkanes of at least 4 members (excludes halogenated alkanes) is 2. The lowest BCUT2D eigenvalue weighted by Crippen LogP contribution is -2.52. The lowest BCUT2D eigenvalue weighted by atomic mass is 10.2. The predicted octanol–water partition coefficient (Wildman–Crippen LogP) is 1.52. The number of piperazine rings is 1. The van der Waals surface area contributed by atoms with E-state index in [2.05, 4.69) is 5.32 Å². The number of hydrogen-bond acceptors (Lipinski definition) is 3. The average Bonchev–Trinajstić information content (AvgIpc) is 2.41. The van der Waals surface area contributed by atoms with Gasteiger partial charge in [0.1, 0.15) is 0 Å². The number of halogens is 3. The number of carbonyl (C=O) groups is 2. The second-order valence-electron chi connectivity index (χ2n) is 5.31. The van der Waals surface area contributed by atoms with Crippen molar-refractivity contribution in [3.8, 4) is 0 Å². The normalized spacial score (nSPS) is 16.6. The SMILES string of the molecule is O=C(O)CN1CCN(C(=O)NCCCCCC(F)(F)F)CC1.